The van der Waals surface area contributed by atoms with E-state index in [9.17, 15) is 28.0 Å². The summed E-state index contributed by atoms with van der Waals surface area (Å²) in [4.78, 5) is 70.8. The number of amides is 4. The number of carbonyl (C=O) groups is 4. The van der Waals surface area contributed by atoms with E-state index in [0.717, 1.165) is 55.3 Å². The smallest absolute Gasteiger partial charge is 0.407 e. The number of rotatable bonds is 10. The fourth-order valence-corrected chi connectivity index (χ4v) is 11.3. The molecule has 2 aliphatic heterocycles. The maximum atomic E-state index is 14.8. The molecule has 2 fully saturated rings. The van der Waals surface area contributed by atoms with Crippen LogP contribution in [0.5, 0.6) is 0 Å². The highest BCUT2D eigenvalue weighted by molar-refractivity contribution is 6.78. The molecule has 0 aliphatic carbocycles. The molecule has 2 aromatic heterocycles. The molecule has 4 heterocycles. The molecule has 0 spiro atoms. The lowest BCUT2D eigenvalue weighted by Gasteiger charge is -2.30. The first-order valence-electron chi connectivity index (χ1n) is 20.1. The zero-order chi connectivity index (χ0) is 43.3. The summed E-state index contributed by atoms with van der Waals surface area (Å²) < 4.78 is 39.1. The van der Waals surface area contributed by atoms with Crippen molar-refractivity contribution < 1.29 is 37.4 Å². The molecule has 0 saturated carbocycles. The molecule has 2 aliphatic rings. The van der Waals surface area contributed by atoms with Crippen LogP contribution in [0.4, 0.5) is 18.4 Å². The lowest BCUT2D eigenvalue weighted by Crippen LogP contribution is -2.52. The molecular formula is C43H52F2N8O6Si. The Labute approximate surface area is 347 Å². The highest BCUT2D eigenvalue weighted by Crippen LogP contribution is 2.42. The zero-order valence-corrected chi connectivity index (χ0v) is 36.1. The second-order valence-corrected chi connectivity index (χ2v) is 22.4. The van der Waals surface area contributed by atoms with Gasteiger partial charge in [-0.2, -0.15) is 0 Å². The van der Waals surface area contributed by atoms with Gasteiger partial charge in [0, 0.05) is 18.0 Å². The quantitative estimate of drug-likeness (QED) is 0.104. The molecule has 318 valence electrons. The number of nitrogens with zero attached hydrogens (tertiary/aromatic N) is 4. The first kappa shape index (κ1) is 42.3. The molecule has 3 aromatic carbocycles. The van der Waals surface area contributed by atoms with E-state index in [0.29, 0.717) is 11.9 Å². The van der Waals surface area contributed by atoms with Gasteiger partial charge < -0.3 is 39.9 Å². The third kappa shape index (κ3) is 8.44. The number of ether oxygens (including phenoxy) is 2. The SMILES string of the molecule is COC(=O)N[C@H](C(=O)N1CC(F)(F)C[C@H]1c1ncc(-c2ccc(-c3ccc4c(ccc5[nH]c([C@@H]6C[Si](C)(C)CN6C(=O)[C@@H](NC(=O)OC)C(C)C)nc54)c3)cc2)[nH]1)C(C)C. The summed E-state index contributed by atoms with van der Waals surface area (Å²) in [5, 5.41) is 7.17. The number of aromatic nitrogens is 4. The molecule has 0 bridgehead atoms. The number of likely N-dealkylation sites (tertiary alicyclic amines) is 1. The molecule has 4 atom stereocenters. The van der Waals surface area contributed by atoms with Crippen LogP contribution in [0, 0.1) is 11.8 Å². The Morgan fingerprint density at radius 2 is 1.40 bits per heavy atom. The van der Waals surface area contributed by atoms with Gasteiger partial charge in [-0.25, -0.2) is 28.3 Å². The van der Waals surface area contributed by atoms with Gasteiger partial charge in [-0.15, -0.1) is 0 Å². The molecule has 17 heteroatoms. The Morgan fingerprint density at radius 1 is 0.800 bits per heavy atom. The number of imidazole rings is 2. The number of methoxy groups -OCH3 is 2. The molecular weight excluding hydrogens is 791 g/mol. The third-order valence-electron chi connectivity index (χ3n) is 11.6. The first-order chi connectivity index (χ1) is 28.4. The summed E-state index contributed by atoms with van der Waals surface area (Å²) in [6.07, 6.45) is 0.163. The van der Waals surface area contributed by atoms with E-state index in [-0.39, 0.29) is 29.6 Å². The van der Waals surface area contributed by atoms with Crippen molar-refractivity contribution in [3.05, 3.63) is 72.4 Å². The number of alkyl carbamates (subject to hydrolysis) is 2. The molecule has 2 saturated heterocycles. The van der Waals surface area contributed by atoms with Crippen LogP contribution in [0.25, 0.3) is 44.2 Å². The van der Waals surface area contributed by atoms with Crippen molar-refractivity contribution in [2.24, 2.45) is 11.8 Å². The number of nitrogens with one attached hydrogen (secondary N) is 4. The molecule has 4 N–H and O–H groups in total. The standard InChI is InChI=1S/C43H52F2N8O6Si/c1-23(2)34(50-41(56)58-5)39(54)52-21-43(44,45)18-32(52)37-46-19-31(48-37)26-11-9-25(10-12-26)27-13-15-29-28(17-27)14-16-30-36(29)49-38(47-30)33-20-60(7,8)22-53(33)40(55)35(24(3)4)51-42(57)59-6/h9-17,19,23-24,32-35H,18,20-22H2,1-8H3,(H,46,48)(H,47,49)(H,50,56)(H,51,57)/t32-,33-,34-,35-/m0/s1. The van der Waals surface area contributed by atoms with Gasteiger partial charge in [-0.3, -0.25) is 9.59 Å². The van der Waals surface area contributed by atoms with Crippen molar-refractivity contribution in [1.82, 2.24) is 40.4 Å². The molecule has 14 nitrogen and oxygen atoms in total. The van der Waals surface area contributed by atoms with E-state index in [1.165, 1.54) is 14.2 Å². The van der Waals surface area contributed by atoms with Crippen LogP contribution in [0.15, 0.2) is 60.8 Å². The number of hydrogen-bond acceptors (Lipinski definition) is 8. The summed E-state index contributed by atoms with van der Waals surface area (Å²) in [7, 11) is 0.654. The summed E-state index contributed by atoms with van der Waals surface area (Å²) in [5.41, 5.74) is 5.01. The average molecular weight is 843 g/mol. The van der Waals surface area contributed by atoms with Crippen molar-refractivity contribution in [3.8, 4) is 22.4 Å². The second-order valence-electron chi connectivity index (χ2n) is 17.4. The summed E-state index contributed by atoms with van der Waals surface area (Å²) >= 11 is 0. The number of halogens is 2. The van der Waals surface area contributed by atoms with Crippen LogP contribution in [0.3, 0.4) is 0 Å². The minimum Gasteiger partial charge on any atom is -0.453 e. The van der Waals surface area contributed by atoms with Gasteiger partial charge in [0.25, 0.3) is 5.92 Å². The number of H-pyrrole nitrogens is 2. The van der Waals surface area contributed by atoms with Crippen LogP contribution in [0.1, 0.15) is 57.8 Å². The average Bonchev–Trinajstić information content (AvgIpc) is 4.01. The maximum Gasteiger partial charge on any atom is 0.407 e. The van der Waals surface area contributed by atoms with E-state index in [2.05, 4.69) is 49.5 Å². The first-order valence-corrected chi connectivity index (χ1v) is 23.6. The monoisotopic (exact) mass is 842 g/mol. The lowest BCUT2D eigenvalue weighted by atomic mass is 9.99. The van der Waals surface area contributed by atoms with Crippen molar-refractivity contribution in [1.29, 1.82) is 0 Å². The number of hydrogen-bond donors (Lipinski definition) is 4. The van der Waals surface area contributed by atoms with E-state index >= 15 is 0 Å². The minimum atomic E-state index is -3.13. The Bertz CT molecular complexity index is 2430. The number of fused-ring (bicyclic) bond motifs is 3. The summed E-state index contributed by atoms with van der Waals surface area (Å²) in [6.45, 7) is 11.0. The van der Waals surface area contributed by atoms with Gasteiger partial charge >= 0.3 is 12.2 Å². The van der Waals surface area contributed by atoms with Crippen LogP contribution in [0.2, 0.25) is 19.1 Å². The van der Waals surface area contributed by atoms with Crippen LogP contribution >= 0.6 is 0 Å². The Morgan fingerprint density at radius 3 is 2.02 bits per heavy atom. The number of carbonyl (C=O) groups excluding carboxylic acids is 4. The third-order valence-corrected chi connectivity index (χ3v) is 14.3. The van der Waals surface area contributed by atoms with Crippen molar-refractivity contribution in [2.45, 2.75) is 83.3 Å². The van der Waals surface area contributed by atoms with Gasteiger partial charge in [-0.05, 0) is 52.1 Å². The predicted octanol–water partition coefficient (Wildman–Crippen LogP) is 7.57. The topological polar surface area (TPSA) is 175 Å². The van der Waals surface area contributed by atoms with Gasteiger partial charge in [0.1, 0.15) is 23.7 Å². The Kier molecular flexibility index (Phi) is 11.5. The molecule has 0 unspecified atom stereocenters. The molecule has 4 amide bonds. The minimum absolute atomic E-state index is 0.140. The summed E-state index contributed by atoms with van der Waals surface area (Å²) in [6, 6.07) is 15.8. The van der Waals surface area contributed by atoms with E-state index in [1.807, 2.05) is 67.3 Å². The number of benzene rings is 3. The molecule has 5 aromatic rings. The molecule has 0 radical (unpaired) electrons. The van der Waals surface area contributed by atoms with Gasteiger partial charge in [-0.1, -0.05) is 83.3 Å². The van der Waals surface area contributed by atoms with E-state index in [1.54, 1.807) is 20.0 Å². The van der Waals surface area contributed by atoms with Crippen molar-refractivity contribution in [2.75, 3.05) is 26.9 Å². The second kappa shape index (κ2) is 16.3. The summed E-state index contributed by atoms with van der Waals surface area (Å²) in [5.74, 6) is -3.46. The number of alkyl halides is 2. The van der Waals surface area contributed by atoms with Gasteiger partial charge in [0.05, 0.1) is 63.8 Å². The van der Waals surface area contributed by atoms with Crippen LogP contribution in [-0.2, 0) is 19.1 Å². The Hall–Kier alpha value is -5.84. The van der Waals surface area contributed by atoms with Crippen molar-refractivity contribution >= 4 is 53.9 Å². The highest BCUT2D eigenvalue weighted by Gasteiger charge is 2.50. The lowest BCUT2D eigenvalue weighted by molar-refractivity contribution is -0.137. The zero-order valence-electron chi connectivity index (χ0n) is 35.1. The van der Waals surface area contributed by atoms with Crippen LogP contribution < -0.4 is 10.6 Å². The predicted molar refractivity (Wildman–Crippen MR) is 226 cm³/mol. The molecule has 7 rings (SSSR count). The largest absolute Gasteiger partial charge is 0.453 e. The maximum absolute atomic E-state index is 14.8. The fourth-order valence-electron chi connectivity index (χ4n) is 8.45. The van der Waals surface area contributed by atoms with Crippen molar-refractivity contribution in [3.63, 3.8) is 0 Å². The van der Waals surface area contributed by atoms with E-state index < -0.39 is 63.2 Å². The molecule has 60 heavy (non-hydrogen) atoms. The Balaban J connectivity index is 1.11. The van der Waals surface area contributed by atoms with Gasteiger partial charge in [0.15, 0.2) is 0 Å². The normalized spacial score (nSPS) is 19.5. The van der Waals surface area contributed by atoms with E-state index in [4.69, 9.17) is 9.72 Å². The highest BCUT2D eigenvalue weighted by atomic mass is 28.3. The number of aromatic amines is 2. The van der Waals surface area contributed by atoms with Crippen LogP contribution in [-0.4, -0.2) is 107 Å². The van der Waals surface area contributed by atoms with Gasteiger partial charge in [0.2, 0.25) is 11.8 Å². The fraction of sp³-hybridized carbons (Fsp3) is 0.442.